The molecular weight excluding hydrogens is 607 g/mol. The molecule has 0 saturated carbocycles. The maximum absolute atomic E-state index is 5.24. The van der Waals surface area contributed by atoms with Gasteiger partial charge in [0.2, 0.25) is 0 Å². The van der Waals surface area contributed by atoms with Crippen molar-refractivity contribution in [2.45, 2.75) is 12.0 Å². The zero-order valence-corrected chi connectivity index (χ0v) is 27.4. The van der Waals surface area contributed by atoms with Crippen LogP contribution in [-0.2, 0) is 0 Å². The molecule has 2 aromatic heterocycles. The van der Waals surface area contributed by atoms with E-state index in [0.717, 1.165) is 39.3 Å². The molecule has 1 aliphatic carbocycles. The Morgan fingerprint density at radius 2 is 1.04 bits per heavy atom. The maximum atomic E-state index is 5.24. The van der Waals surface area contributed by atoms with E-state index in [-0.39, 0.29) is 6.04 Å². The van der Waals surface area contributed by atoms with Crippen LogP contribution in [0.3, 0.4) is 0 Å². The number of aromatic nitrogens is 2. The minimum absolute atomic E-state index is 0.210. The van der Waals surface area contributed by atoms with Gasteiger partial charge in [0.25, 0.3) is 0 Å². The summed E-state index contributed by atoms with van der Waals surface area (Å²) in [7, 11) is 0. The van der Waals surface area contributed by atoms with E-state index in [9.17, 15) is 0 Å². The Labute approximate surface area is 291 Å². The van der Waals surface area contributed by atoms with E-state index in [1.54, 1.807) is 0 Å². The Morgan fingerprint density at radius 1 is 0.460 bits per heavy atom. The highest BCUT2D eigenvalue weighted by Gasteiger charge is 2.37. The molecule has 3 nitrogen and oxygen atoms in total. The number of benzene rings is 6. The lowest BCUT2D eigenvalue weighted by atomic mass is 9.91. The van der Waals surface area contributed by atoms with Crippen molar-refractivity contribution in [3.8, 4) is 39.3 Å². The molecule has 2 aliphatic rings. The van der Waals surface area contributed by atoms with Crippen LogP contribution in [0.1, 0.15) is 11.5 Å². The van der Waals surface area contributed by atoms with Crippen LogP contribution in [0.5, 0.6) is 0 Å². The summed E-state index contributed by atoms with van der Waals surface area (Å²) in [6.45, 7) is 0. The van der Waals surface area contributed by atoms with Crippen molar-refractivity contribution in [3.05, 3.63) is 194 Å². The first-order chi connectivity index (χ1) is 24.8. The van der Waals surface area contributed by atoms with Crippen molar-refractivity contribution in [1.29, 1.82) is 0 Å². The van der Waals surface area contributed by atoms with Gasteiger partial charge >= 0.3 is 0 Å². The molecule has 0 fully saturated rings. The monoisotopic (exact) mass is 639 g/mol. The van der Waals surface area contributed by atoms with E-state index in [1.165, 1.54) is 38.7 Å². The minimum atomic E-state index is 0.210. The number of pyridine rings is 1. The lowest BCUT2D eigenvalue weighted by Crippen LogP contribution is -2.28. The number of fused-ring (bicyclic) bond motifs is 6. The summed E-state index contributed by atoms with van der Waals surface area (Å²) < 4.78 is 2.44. The van der Waals surface area contributed by atoms with Crippen LogP contribution in [0, 0.1) is 0 Å². The number of rotatable bonds is 5. The molecule has 3 heterocycles. The molecule has 10 rings (SSSR count). The molecule has 0 N–H and O–H groups in total. The summed E-state index contributed by atoms with van der Waals surface area (Å²) in [6, 6.07) is 59.2. The Morgan fingerprint density at radius 3 is 1.72 bits per heavy atom. The van der Waals surface area contributed by atoms with Crippen molar-refractivity contribution in [3.63, 3.8) is 0 Å². The van der Waals surface area contributed by atoms with Gasteiger partial charge in [-0.05, 0) is 59.7 Å². The van der Waals surface area contributed by atoms with E-state index in [2.05, 4.69) is 198 Å². The van der Waals surface area contributed by atoms with Crippen molar-refractivity contribution in [2.75, 3.05) is 4.90 Å². The summed E-state index contributed by atoms with van der Waals surface area (Å²) in [5.41, 5.74) is 13.7. The van der Waals surface area contributed by atoms with Gasteiger partial charge in [0, 0.05) is 44.8 Å². The Bertz CT molecular complexity index is 2500. The van der Waals surface area contributed by atoms with Crippen molar-refractivity contribution in [1.82, 2.24) is 9.55 Å². The van der Waals surface area contributed by atoms with E-state index >= 15 is 0 Å². The molecular formula is C47H33N3. The minimum Gasteiger partial charge on any atom is -0.333 e. The number of para-hydroxylation sites is 3. The summed E-state index contributed by atoms with van der Waals surface area (Å²) >= 11 is 0. The van der Waals surface area contributed by atoms with Gasteiger partial charge in [-0.1, -0.05) is 140 Å². The first kappa shape index (κ1) is 28.6. The normalized spacial score (nSPS) is 16.2. The van der Waals surface area contributed by atoms with Gasteiger partial charge in [-0.2, -0.15) is 0 Å². The molecule has 0 amide bonds. The van der Waals surface area contributed by atoms with Crippen molar-refractivity contribution < 1.29 is 0 Å². The molecule has 0 spiro atoms. The quantitative estimate of drug-likeness (QED) is 0.187. The zero-order valence-electron chi connectivity index (χ0n) is 27.4. The average Bonchev–Trinajstić information content (AvgIpc) is 3.71. The van der Waals surface area contributed by atoms with Crippen LogP contribution in [0.4, 0.5) is 11.4 Å². The smallest absolute Gasteiger partial charge is 0.0715 e. The highest BCUT2D eigenvalue weighted by molar-refractivity contribution is 6.10. The molecule has 236 valence electrons. The number of nitrogens with zero attached hydrogens (tertiary/aromatic N) is 3. The number of hydrogen-bond acceptors (Lipinski definition) is 2. The van der Waals surface area contributed by atoms with Crippen LogP contribution < -0.4 is 4.90 Å². The third kappa shape index (κ3) is 4.55. The number of allylic oxidation sites excluding steroid dienone is 2. The number of anilines is 2. The lowest BCUT2D eigenvalue weighted by molar-refractivity contribution is 0.745. The summed E-state index contributed by atoms with van der Waals surface area (Å²) in [5, 5.41) is 2.50. The van der Waals surface area contributed by atoms with Gasteiger partial charge in [0.05, 0.1) is 34.2 Å². The fraction of sp³-hybridized carbons (Fsp3) is 0.0426. The molecule has 0 bridgehead atoms. The molecule has 50 heavy (non-hydrogen) atoms. The molecule has 1 aliphatic heterocycles. The van der Waals surface area contributed by atoms with Gasteiger partial charge in [0.1, 0.15) is 0 Å². The third-order valence-electron chi connectivity index (χ3n) is 10.3. The molecule has 2 atom stereocenters. The van der Waals surface area contributed by atoms with Crippen LogP contribution >= 0.6 is 0 Å². The highest BCUT2D eigenvalue weighted by atomic mass is 15.2. The molecule has 8 aromatic rings. The van der Waals surface area contributed by atoms with Crippen LogP contribution in [0.2, 0.25) is 0 Å². The van der Waals surface area contributed by atoms with Crippen molar-refractivity contribution >= 4 is 33.2 Å². The Hall–Kier alpha value is -6.45. The SMILES string of the molecule is C1=CC2c3ccccc3N(c3ccc(-n4c5ccccc5c5ccccc54)c(-c4cc(-c5ccccc5)nc(-c5ccccc5)c4)c3)C2C=C1. The largest absolute Gasteiger partial charge is 0.333 e. The molecule has 0 radical (unpaired) electrons. The summed E-state index contributed by atoms with van der Waals surface area (Å²) in [6.07, 6.45) is 9.07. The molecule has 0 saturated heterocycles. The predicted molar refractivity (Wildman–Crippen MR) is 208 cm³/mol. The second kappa shape index (κ2) is 11.6. The van der Waals surface area contributed by atoms with Gasteiger partial charge < -0.3 is 9.47 Å². The number of hydrogen-bond donors (Lipinski definition) is 0. The third-order valence-corrected chi connectivity index (χ3v) is 10.3. The van der Waals surface area contributed by atoms with Gasteiger partial charge in [-0.15, -0.1) is 0 Å². The van der Waals surface area contributed by atoms with Crippen LogP contribution in [0.15, 0.2) is 188 Å². The van der Waals surface area contributed by atoms with Crippen LogP contribution in [0.25, 0.3) is 61.1 Å². The van der Waals surface area contributed by atoms with E-state index in [1.807, 2.05) is 0 Å². The molecule has 6 aromatic carbocycles. The summed E-state index contributed by atoms with van der Waals surface area (Å²) in [4.78, 5) is 7.77. The molecule has 2 unspecified atom stereocenters. The van der Waals surface area contributed by atoms with Crippen LogP contribution in [-0.4, -0.2) is 15.6 Å². The van der Waals surface area contributed by atoms with Gasteiger partial charge in [0.15, 0.2) is 0 Å². The second-order valence-electron chi connectivity index (χ2n) is 13.1. The maximum Gasteiger partial charge on any atom is 0.0715 e. The van der Waals surface area contributed by atoms with E-state index < -0.39 is 0 Å². The Kier molecular flexibility index (Phi) is 6.63. The zero-order chi connectivity index (χ0) is 33.0. The highest BCUT2D eigenvalue weighted by Crippen LogP contribution is 2.49. The predicted octanol–water partition coefficient (Wildman–Crippen LogP) is 11.9. The second-order valence-corrected chi connectivity index (χ2v) is 13.1. The Balaban J connectivity index is 1.27. The van der Waals surface area contributed by atoms with Gasteiger partial charge in [-0.3, -0.25) is 0 Å². The average molecular weight is 640 g/mol. The first-order valence-corrected chi connectivity index (χ1v) is 17.3. The standard InChI is InChI=1S/C47H33N3/c1-3-15-32(16-4-1)41-29-34(30-42(48-41)33-17-5-2-6-18-33)40-31-35(49-43-23-11-7-19-36(43)37-20-8-12-24-44(37)49)27-28-47(40)50-45-25-13-9-21-38(45)39-22-10-14-26-46(39)50/h1-31,36,43H. The topological polar surface area (TPSA) is 21.1 Å². The fourth-order valence-electron chi connectivity index (χ4n) is 8.07. The summed E-state index contributed by atoms with van der Waals surface area (Å²) in [5.74, 6) is 0.312. The fourth-order valence-corrected chi connectivity index (χ4v) is 8.07. The van der Waals surface area contributed by atoms with Gasteiger partial charge in [-0.25, -0.2) is 4.98 Å². The molecule has 3 heteroatoms. The van der Waals surface area contributed by atoms with Crippen molar-refractivity contribution in [2.24, 2.45) is 0 Å². The first-order valence-electron chi connectivity index (χ1n) is 17.3. The lowest BCUT2D eigenvalue weighted by Gasteiger charge is -2.29. The van der Waals surface area contributed by atoms with E-state index in [0.29, 0.717) is 5.92 Å². The van der Waals surface area contributed by atoms with E-state index in [4.69, 9.17) is 4.98 Å².